The topological polar surface area (TPSA) is 15.3 Å². The average molecular weight is 341 g/mol. The number of nitrogens with one attached hydrogen (secondary N) is 1. The summed E-state index contributed by atoms with van der Waals surface area (Å²) >= 11 is 0. The van der Waals surface area contributed by atoms with E-state index in [4.69, 9.17) is 0 Å². The van der Waals surface area contributed by atoms with Gasteiger partial charge in [-0.3, -0.25) is 0 Å². The molecule has 0 bridgehead atoms. The average Bonchev–Trinajstić information content (AvgIpc) is 2.63. The highest BCUT2D eigenvalue weighted by Gasteiger charge is 2.39. The van der Waals surface area contributed by atoms with E-state index in [2.05, 4.69) is 60.6 Å². The molecule has 0 saturated carbocycles. The second kappa shape index (κ2) is 9.24. The maximum absolute atomic E-state index is 4.01. The molecule has 2 heterocycles. The zero-order valence-corrected chi connectivity index (χ0v) is 16.5. The smallest absolute Gasteiger partial charge is 0.0366 e. The molecule has 0 aliphatic carbocycles. The molecule has 1 spiro atoms. The van der Waals surface area contributed by atoms with Crippen LogP contribution < -0.4 is 10.2 Å². The quantitative estimate of drug-likeness (QED) is 0.685. The first-order valence-electron chi connectivity index (χ1n) is 9.94. The fourth-order valence-electron chi connectivity index (χ4n) is 3.83. The van der Waals surface area contributed by atoms with E-state index in [0.717, 1.165) is 12.8 Å². The summed E-state index contributed by atoms with van der Waals surface area (Å²) in [6.07, 6.45) is 6.91. The summed E-state index contributed by atoms with van der Waals surface area (Å²) in [5.74, 6) is 0.437. The lowest BCUT2D eigenvalue weighted by Gasteiger charge is -2.49. The third-order valence-corrected chi connectivity index (χ3v) is 5.68. The number of allylic oxidation sites excluding steroid dienone is 2. The molecule has 1 aromatic carbocycles. The van der Waals surface area contributed by atoms with Gasteiger partial charge in [0.1, 0.15) is 0 Å². The minimum absolute atomic E-state index is 0.437. The normalized spacial score (nSPS) is 19.4. The van der Waals surface area contributed by atoms with Gasteiger partial charge in [-0.25, -0.2) is 0 Å². The summed E-state index contributed by atoms with van der Waals surface area (Å²) in [6, 6.07) is 9.16. The van der Waals surface area contributed by atoms with Gasteiger partial charge in [-0.15, -0.1) is 13.2 Å². The van der Waals surface area contributed by atoms with Crippen LogP contribution in [0.2, 0.25) is 0 Å². The Bertz CT molecular complexity index is 544. The van der Waals surface area contributed by atoms with Crippen LogP contribution in [0.15, 0.2) is 49.1 Å². The third kappa shape index (κ3) is 4.98. The molecule has 2 fully saturated rings. The molecule has 25 heavy (non-hydrogen) atoms. The first-order chi connectivity index (χ1) is 12.1. The molecule has 3 rings (SSSR count). The van der Waals surface area contributed by atoms with Crippen LogP contribution in [0.1, 0.15) is 57.9 Å². The number of hydrogen-bond acceptors (Lipinski definition) is 2. The molecule has 0 amide bonds. The maximum Gasteiger partial charge on any atom is 0.0366 e. The molecule has 2 saturated heterocycles. The van der Waals surface area contributed by atoms with E-state index in [0.29, 0.717) is 11.3 Å². The minimum atomic E-state index is 0.437. The zero-order valence-electron chi connectivity index (χ0n) is 16.5. The highest BCUT2D eigenvalue weighted by Crippen LogP contribution is 2.36. The molecule has 0 aromatic heterocycles. The third-order valence-electron chi connectivity index (χ3n) is 5.68. The number of anilines is 1. The van der Waals surface area contributed by atoms with Gasteiger partial charge in [0.2, 0.25) is 0 Å². The number of rotatable bonds is 6. The number of hydrogen-bond donors (Lipinski definition) is 1. The molecule has 2 aliphatic heterocycles. The fourth-order valence-corrected chi connectivity index (χ4v) is 3.83. The van der Waals surface area contributed by atoms with Crippen molar-refractivity contribution in [2.45, 2.75) is 52.4 Å². The zero-order chi connectivity index (χ0) is 18.3. The molecular formula is C23H36N2. The van der Waals surface area contributed by atoms with E-state index in [9.17, 15) is 0 Å². The van der Waals surface area contributed by atoms with Crippen LogP contribution in [0, 0.1) is 5.41 Å². The highest BCUT2D eigenvalue weighted by atomic mass is 15.2. The Morgan fingerprint density at radius 3 is 2.24 bits per heavy atom. The van der Waals surface area contributed by atoms with Crippen molar-refractivity contribution in [3.8, 4) is 0 Å². The van der Waals surface area contributed by atoms with Crippen LogP contribution in [0.5, 0.6) is 0 Å². The Labute approximate surface area is 155 Å². The lowest BCUT2D eigenvalue weighted by molar-refractivity contribution is 0.126. The van der Waals surface area contributed by atoms with Gasteiger partial charge in [0.25, 0.3) is 0 Å². The van der Waals surface area contributed by atoms with E-state index in [1.165, 1.54) is 55.8 Å². The summed E-state index contributed by atoms with van der Waals surface area (Å²) in [5, 5.41) is 3.44. The Balaban J connectivity index is 0.00000109. The number of nitrogens with zero attached hydrogens (tertiary/aromatic N) is 1. The molecule has 1 unspecified atom stereocenters. The van der Waals surface area contributed by atoms with Crippen molar-refractivity contribution in [1.82, 2.24) is 5.32 Å². The second-order valence-electron chi connectivity index (χ2n) is 7.52. The Kier molecular flexibility index (Phi) is 7.31. The number of benzene rings is 1. The fraction of sp³-hybridized carbons (Fsp3) is 0.565. The molecule has 1 N–H and O–H groups in total. The van der Waals surface area contributed by atoms with Crippen molar-refractivity contribution in [2.24, 2.45) is 5.41 Å². The summed E-state index contributed by atoms with van der Waals surface area (Å²) in [4.78, 5) is 2.55. The van der Waals surface area contributed by atoms with E-state index in [1.54, 1.807) is 0 Å². The largest absolute Gasteiger partial charge is 0.371 e. The summed E-state index contributed by atoms with van der Waals surface area (Å²) < 4.78 is 0. The van der Waals surface area contributed by atoms with Gasteiger partial charge in [0.15, 0.2) is 0 Å². The van der Waals surface area contributed by atoms with Gasteiger partial charge < -0.3 is 10.2 Å². The van der Waals surface area contributed by atoms with Gasteiger partial charge in [0, 0.05) is 37.8 Å². The summed E-state index contributed by atoms with van der Waals surface area (Å²) in [7, 11) is 0. The Hall–Kier alpha value is -1.54. The van der Waals surface area contributed by atoms with Gasteiger partial charge in [0.05, 0.1) is 0 Å². The molecule has 2 heteroatoms. The van der Waals surface area contributed by atoms with E-state index in [1.807, 2.05) is 13.8 Å². The predicted molar refractivity (Wildman–Crippen MR) is 112 cm³/mol. The maximum atomic E-state index is 4.01. The molecule has 1 aromatic rings. The SMILES string of the molecule is C=CC(CCC(=C)C)c1ccc(N2CCC3(CC2)CNC3)cc1.CC. The molecule has 138 valence electrons. The van der Waals surface area contributed by atoms with Gasteiger partial charge >= 0.3 is 0 Å². The predicted octanol–water partition coefficient (Wildman–Crippen LogP) is 5.53. The van der Waals surface area contributed by atoms with Crippen LogP contribution in [-0.2, 0) is 0 Å². The molecule has 1 atom stereocenters. The van der Waals surface area contributed by atoms with Crippen molar-refractivity contribution < 1.29 is 0 Å². The van der Waals surface area contributed by atoms with Gasteiger partial charge in [-0.1, -0.05) is 37.6 Å². The van der Waals surface area contributed by atoms with Crippen LogP contribution in [0.25, 0.3) is 0 Å². The molecule has 2 nitrogen and oxygen atoms in total. The van der Waals surface area contributed by atoms with Gasteiger partial charge in [-0.2, -0.15) is 0 Å². The molecule has 2 aliphatic rings. The van der Waals surface area contributed by atoms with E-state index < -0.39 is 0 Å². The highest BCUT2D eigenvalue weighted by molar-refractivity contribution is 5.49. The monoisotopic (exact) mass is 340 g/mol. The Morgan fingerprint density at radius 1 is 1.20 bits per heavy atom. The van der Waals surface area contributed by atoms with Crippen LogP contribution in [0.3, 0.4) is 0 Å². The summed E-state index contributed by atoms with van der Waals surface area (Å²) in [6.45, 7) is 19.0. The first kappa shape index (κ1) is 19.8. The van der Waals surface area contributed by atoms with Crippen molar-refractivity contribution in [3.05, 3.63) is 54.6 Å². The van der Waals surface area contributed by atoms with E-state index in [-0.39, 0.29) is 0 Å². The molecular weight excluding hydrogens is 304 g/mol. The standard InChI is InChI=1S/C21H30N2.C2H6/c1-4-18(6-5-17(2)3)19-7-9-20(10-8-19)23-13-11-21(12-14-23)15-22-16-21;1-2/h4,7-10,18,22H,1-2,5-6,11-16H2,3H3;1-2H3. The van der Waals surface area contributed by atoms with Crippen molar-refractivity contribution in [2.75, 3.05) is 31.1 Å². The minimum Gasteiger partial charge on any atom is -0.371 e. The van der Waals surface area contributed by atoms with E-state index >= 15 is 0 Å². The molecule has 0 radical (unpaired) electrons. The van der Waals surface area contributed by atoms with Crippen molar-refractivity contribution in [1.29, 1.82) is 0 Å². The Morgan fingerprint density at radius 2 is 1.80 bits per heavy atom. The van der Waals surface area contributed by atoms with Crippen molar-refractivity contribution >= 4 is 5.69 Å². The lowest BCUT2D eigenvalue weighted by atomic mass is 9.73. The lowest BCUT2D eigenvalue weighted by Crippen LogP contribution is -2.58. The second-order valence-corrected chi connectivity index (χ2v) is 7.52. The van der Waals surface area contributed by atoms with Crippen LogP contribution in [-0.4, -0.2) is 26.2 Å². The van der Waals surface area contributed by atoms with Crippen molar-refractivity contribution in [3.63, 3.8) is 0 Å². The van der Waals surface area contributed by atoms with Crippen LogP contribution in [0.4, 0.5) is 5.69 Å². The number of piperidine rings is 1. The first-order valence-corrected chi connectivity index (χ1v) is 9.94. The van der Waals surface area contributed by atoms with Gasteiger partial charge in [-0.05, 0) is 55.7 Å². The van der Waals surface area contributed by atoms with Crippen LogP contribution >= 0.6 is 0 Å². The summed E-state index contributed by atoms with van der Waals surface area (Å²) in [5.41, 5.74) is 4.62.